The molecule has 58 heavy (non-hydrogen) atoms. The van der Waals surface area contributed by atoms with E-state index in [2.05, 4.69) is 167 Å². The normalized spacial score (nSPS) is 12.8. The van der Waals surface area contributed by atoms with E-state index in [1.54, 1.807) is 0 Å². The molecule has 9 rings (SSSR count). The van der Waals surface area contributed by atoms with Crippen molar-refractivity contribution in [1.82, 2.24) is 33.7 Å². The van der Waals surface area contributed by atoms with Crippen LogP contribution in [0.2, 0.25) is 0 Å². The van der Waals surface area contributed by atoms with Gasteiger partial charge in [-0.1, -0.05) is 84.0 Å². The lowest BCUT2D eigenvalue weighted by Crippen LogP contribution is -2.24. The van der Waals surface area contributed by atoms with Crippen LogP contribution in [0.5, 0.6) is 11.5 Å². The highest BCUT2D eigenvalue weighted by Crippen LogP contribution is 2.43. The lowest BCUT2D eigenvalue weighted by Gasteiger charge is -2.23. The number of aryl methyl sites for hydroxylation is 2. The van der Waals surface area contributed by atoms with Gasteiger partial charge in [0.25, 0.3) is 11.4 Å². The second-order valence-electron chi connectivity index (χ2n) is 17.3. The minimum Gasteiger partial charge on any atom is -0.456 e. The highest BCUT2D eigenvalue weighted by molar-refractivity contribution is 6.11. The van der Waals surface area contributed by atoms with Gasteiger partial charge < -0.3 is 4.74 Å². The minimum absolute atomic E-state index is 0.310. The van der Waals surface area contributed by atoms with Gasteiger partial charge in [-0.15, -0.1) is 0 Å². The molecule has 0 unspecified atom stereocenters. The fraction of sp³-hybridized carbons (Fsp3) is 0.220. The largest absolute Gasteiger partial charge is 0.503 e. The number of para-hydroxylation sites is 3. The van der Waals surface area contributed by atoms with E-state index >= 15 is 0 Å². The number of rotatable bonds is 6. The van der Waals surface area contributed by atoms with E-state index in [1.165, 1.54) is 16.7 Å². The zero-order chi connectivity index (χ0) is 40.5. The Hall–Kier alpha value is -6.76. The summed E-state index contributed by atoms with van der Waals surface area (Å²) in [4.78, 5) is 20.1. The van der Waals surface area contributed by atoms with Crippen molar-refractivity contribution in [1.29, 1.82) is 0 Å². The Morgan fingerprint density at radius 2 is 1.22 bits per heavy atom. The number of benzene rings is 5. The predicted octanol–water partition coefficient (Wildman–Crippen LogP) is 12.2. The molecule has 4 heterocycles. The number of hydrogen-bond acceptors (Lipinski definition) is 5. The summed E-state index contributed by atoms with van der Waals surface area (Å²) in [5.41, 5.74) is 10.1. The topological polar surface area (TPSA) is 71.7 Å². The van der Waals surface area contributed by atoms with Gasteiger partial charge in [0.2, 0.25) is 11.4 Å². The fourth-order valence-electron chi connectivity index (χ4n) is 7.55. The molecule has 8 aromatic rings. The maximum Gasteiger partial charge on any atom is 0.503 e. The molecule has 1 aliphatic rings. The predicted molar refractivity (Wildman–Crippen MR) is 236 cm³/mol. The number of pyridine rings is 1. The highest BCUT2D eigenvalue weighted by atomic mass is 16.5. The van der Waals surface area contributed by atoms with Crippen molar-refractivity contribution < 1.29 is 4.74 Å². The SMILES string of the molecule is Cc1cc([N+]2=C=[N+](c3cccc(Oc4cc5c(cc4-c4nc(C(C)(C)C)nc(C(C)(C)C)n4)c4ccccc4n5-c4ccccn4)c3)c3ccccc32)cc(C)c1C. The summed E-state index contributed by atoms with van der Waals surface area (Å²) in [5, 5.41) is 2.15. The molecule has 0 saturated heterocycles. The quantitative estimate of drug-likeness (QED) is 0.158. The van der Waals surface area contributed by atoms with E-state index in [-0.39, 0.29) is 10.8 Å². The summed E-state index contributed by atoms with van der Waals surface area (Å²) < 4.78 is 13.5. The summed E-state index contributed by atoms with van der Waals surface area (Å²) in [6.45, 7) is 19.3. The lowest BCUT2D eigenvalue weighted by molar-refractivity contribution is 0.481. The van der Waals surface area contributed by atoms with E-state index in [0.717, 1.165) is 67.6 Å². The average molecular weight is 762 g/mol. The van der Waals surface area contributed by atoms with Crippen LogP contribution in [0.25, 0.3) is 39.0 Å². The standard InChI is InChI=1S/C50H47N7O/c1-31-25-35(26-32(2)33(31)3)56-30-55(41-21-12-13-22-42(41)56)34-17-16-18-36(27-34)58-44-29-43-38(37-19-10-11-20-40(37)57(43)45-23-14-15-24-51-45)28-39(44)46-52-47(49(4,5)6)54-48(53-46)50(7,8)9/h10-29H,1-9H3/q+2. The van der Waals surface area contributed by atoms with Gasteiger partial charge in [-0.3, -0.25) is 4.57 Å². The van der Waals surface area contributed by atoms with Crippen LogP contribution in [0.15, 0.2) is 121 Å². The summed E-state index contributed by atoms with van der Waals surface area (Å²) in [6, 6.07) is 43.4. The van der Waals surface area contributed by atoms with Gasteiger partial charge in [-0.25, -0.2) is 19.9 Å². The molecule has 0 N–H and O–H groups in total. The lowest BCUT2D eigenvalue weighted by atomic mass is 9.93. The first-order chi connectivity index (χ1) is 27.7. The van der Waals surface area contributed by atoms with E-state index in [0.29, 0.717) is 17.3 Å². The third-order valence-electron chi connectivity index (χ3n) is 10.9. The Kier molecular flexibility index (Phi) is 8.71. The van der Waals surface area contributed by atoms with Crippen molar-refractivity contribution in [2.45, 2.75) is 73.1 Å². The molecule has 0 amide bonds. The first kappa shape index (κ1) is 36.9. The second-order valence-corrected chi connectivity index (χ2v) is 17.3. The maximum absolute atomic E-state index is 7.05. The van der Waals surface area contributed by atoms with Gasteiger partial charge in [-0.2, -0.15) is 0 Å². The Morgan fingerprint density at radius 1 is 0.586 bits per heavy atom. The van der Waals surface area contributed by atoms with Crippen LogP contribution >= 0.6 is 0 Å². The Labute approximate surface area is 339 Å². The molecule has 5 aromatic carbocycles. The molecule has 1 aliphatic heterocycles. The van der Waals surface area contributed by atoms with Crippen molar-refractivity contribution in [3.63, 3.8) is 0 Å². The van der Waals surface area contributed by atoms with Crippen LogP contribution in [0.1, 0.15) is 69.9 Å². The molecule has 0 saturated carbocycles. The molecule has 8 heteroatoms. The first-order valence-electron chi connectivity index (χ1n) is 19.8. The van der Waals surface area contributed by atoms with Gasteiger partial charge in [0.15, 0.2) is 5.82 Å². The van der Waals surface area contributed by atoms with Crippen LogP contribution in [0, 0.1) is 20.8 Å². The van der Waals surface area contributed by atoms with Crippen molar-refractivity contribution in [2.75, 3.05) is 0 Å². The second kappa shape index (κ2) is 13.7. The Bertz CT molecular complexity index is 2960. The molecule has 0 radical (unpaired) electrons. The number of hydrogen-bond donors (Lipinski definition) is 0. The molecule has 0 spiro atoms. The van der Waals surface area contributed by atoms with Crippen LogP contribution < -0.4 is 13.9 Å². The summed E-state index contributed by atoms with van der Waals surface area (Å²) in [6.07, 6.45) is 1.83. The van der Waals surface area contributed by atoms with Gasteiger partial charge in [0, 0.05) is 64.2 Å². The van der Waals surface area contributed by atoms with Crippen molar-refractivity contribution in [3.05, 3.63) is 150 Å². The monoisotopic (exact) mass is 761 g/mol. The number of aromatic nitrogens is 5. The van der Waals surface area contributed by atoms with Gasteiger partial charge in [0.1, 0.15) is 29.0 Å². The molecule has 3 aromatic heterocycles. The molecule has 0 atom stereocenters. The zero-order valence-electron chi connectivity index (χ0n) is 34.6. The first-order valence-corrected chi connectivity index (χ1v) is 19.8. The molecule has 8 nitrogen and oxygen atoms in total. The summed E-state index contributed by atoms with van der Waals surface area (Å²) in [7, 11) is 0. The maximum atomic E-state index is 7.05. The van der Waals surface area contributed by atoms with Crippen LogP contribution in [-0.4, -0.2) is 30.5 Å². The number of fused-ring (bicyclic) bond motifs is 4. The average Bonchev–Trinajstić information content (AvgIpc) is 3.75. The molecule has 0 bridgehead atoms. The third-order valence-corrected chi connectivity index (χ3v) is 10.9. The van der Waals surface area contributed by atoms with Crippen LogP contribution in [0.3, 0.4) is 0 Å². The van der Waals surface area contributed by atoms with Crippen molar-refractivity contribution in [2.24, 2.45) is 0 Å². The molecule has 286 valence electrons. The highest BCUT2D eigenvalue weighted by Gasteiger charge is 2.37. The smallest absolute Gasteiger partial charge is 0.456 e. The minimum atomic E-state index is -0.310. The number of nitrogens with zero attached hydrogens (tertiary/aromatic N) is 7. The summed E-state index contributed by atoms with van der Waals surface area (Å²) in [5.74, 6) is 4.14. The molecular weight excluding hydrogens is 715 g/mol. The van der Waals surface area contributed by atoms with E-state index < -0.39 is 0 Å². The fourth-order valence-corrected chi connectivity index (χ4v) is 7.55. The molecular formula is C50H47N7O+2. The van der Waals surface area contributed by atoms with Crippen LogP contribution in [0.4, 0.5) is 22.7 Å². The molecule has 0 aliphatic carbocycles. The van der Waals surface area contributed by atoms with Crippen LogP contribution in [-0.2, 0) is 10.8 Å². The van der Waals surface area contributed by atoms with Gasteiger partial charge in [0.05, 0.1) is 22.7 Å². The van der Waals surface area contributed by atoms with E-state index in [4.69, 9.17) is 24.7 Å². The van der Waals surface area contributed by atoms with E-state index in [9.17, 15) is 0 Å². The Balaban J connectivity index is 1.26. The molecule has 0 fully saturated rings. The summed E-state index contributed by atoms with van der Waals surface area (Å²) >= 11 is 0. The van der Waals surface area contributed by atoms with Gasteiger partial charge >= 0.3 is 6.01 Å². The zero-order valence-corrected chi connectivity index (χ0v) is 34.6. The number of ether oxygens (including phenoxy) is 1. The van der Waals surface area contributed by atoms with Gasteiger partial charge in [-0.05, 0) is 76.9 Å². The van der Waals surface area contributed by atoms with E-state index in [1.807, 2.05) is 36.5 Å². The Morgan fingerprint density at radius 3 is 1.88 bits per heavy atom. The third kappa shape index (κ3) is 6.45. The van der Waals surface area contributed by atoms with Crippen molar-refractivity contribution in [3.8, 4) is 28.7 Å². The van der Waals surface area contributed by atoms with Crippen molar-refractivity contribution >= 4 is 50.6 Å².